The van der Waals surface area contributed by atoms with E-state index in [0.717, 1.165) is 6.08 Å². The molecule has 0 rings (SSSR count). The Bertz CT molecular complexity index is 294. The minimum atomic E-state index is -3.66. The summed E-state index contributed by atoms with van der Waals surface area (Å²) in [4.78, 5) is 10.6. The normalized spacial score (nSPS) is 11.4. The first-order valence-corrected chi connectivity index (χ1v) is 5.78. The molecule has 5 nitrogen and oxygen atoms in total. The summed E-state index contributed by atoms with van der Waals surface area (Å²) in [5, 5.41) is 0. The van der Waals surface area contributed by atoms with E-state index >= 15 is 0 Å². The Morgan fingerprint density at radius 2 is 2.14 bits per heavy atom. The maximum atomic E-state index is 11.1. The van der Waals surface area contributed by atoms with E-state index in [2.05, 4.69) is 10.9 Å². The Labute approximate surface area is 84.2 Å². The standard InChI is InChI=1S/C8H15NO4S/c1-4-8(10)9-13-14(11,12)6-5-7(2)3/h4,7H,1,5-6H2,2-3H3,(H,9,10). The van der Waals surface area contributed by atoms with E-state index in [1.165, 1.54) is 0 Å². The summed E-state index contributed by atoms with van der Waals surface area (Å²) in [6.07, 6.45) is 1.42. The van der Waals surface area contributed by atoms with Crippen LogP contribution < -0.4 is 5.48 Å². The Hall–Kier alpha value is -0.880. The van der Waals surface area contributed by atoms with Crippen molar-refractivity contribution in [2.24, 2.45) is 5.92 Å². The van der Waals surface area contributed by atoms with Gasteiger partial charge in [0.15, 0.2) is 0 Å². The van der Waals surface area contributed by atoms with Crippen molar-refractivity contribution in [1.29, 1.82) is 0 Å². The second-order valence-electron chi connectivity index (χ2n) is 3.20. The largest absolute Gasteiger partial charge is 0.287 e. The molecule has 0 aliphatic carbocycles. The fraction of sp³-hybridized carbons (Fsp3) is 0.625. The molecule has 14 heavy (non-hydrogen) atoms. The fourth-order valence-corrected chi connectivity index (χ4v) is 1.62. The second-order valence-corrected chi connectivity index (χ2v) is 4.89. The molecular weight excluding hydrogens is 206 g/mol. The molecule has 6 heteroatoms. The second kappa shape index (κ2) is 5.77. The van der Waals surface area contributed by atoms with Crippen LogP contribution in [0.1, 0.15) is 20.3 Å². The first kappa shape index (κ1) is 13.1. The molecule has 0 saturated heterocycles. The number of amides is 1. The number of carbonyl (C=O) groups is 1. The average molecular weight is 221 g/mol. The molecule has 0 radical (unpaired) electrons. The maximum absolute atomic E-state index is 11.1. The average Bonchev–Trinajstić information content (AvgIpc) is 2.11. The zero-order chi connectivity index (χ0) is 11.2. The van der Waals surface area contributed by atoms with E-state index in [0.29, 0.717) is 6.42 Å². The SMILES string of the molecule is C=CC(=O)NOS(=O)(=O)CCC(C)C. The number of carbonyl (C=O) groups excluding carboxylic acids is 1. The summed E-state index contributed by atoms with van der Waals surface area (Å²) in [6.45, 7) is 6.95. The minimum Gasteiger partial charge on any atom is -0.268 e. The van der Waals surface area contributed by atoms with Gasteiger partial charge in [-0.1, -0.05) is 20.4 Å². The van der Waals surface area contributed by atoms with Crippen LogP contribution in [-0.2, 0) is 19.2 Å². The Balaban J connectivity index is 3.96. The summed E-state index contributed by atoms with van der Waals surface area (Å²) in [7, 11) is -3.66. The highest BCUT2D eigenvalue weighted by Gasteiger charge is 2.13. The van der Waals surface area contributed by atoms with Gasteiger partial charge in [-0.25, -0.2) is 5.48 Å². The molecule has 0 aliphatic rings. The molecule has 0 atom stereocenters. The third-order valence-corrected chi connectivity index (χ3v) is 2.47. The lowest BCUT2D eigenvalue weighted by Gasteiger charge is -2.06. The highest BCUT2D eigenvalue weighted by Crippen LogP contribution is 2.03. The van der Waals surface area contributed by atoms with Gasteiger partial charge < -0.3 is 0 Å². The van der Waals surface area contributed by atoms with Crippen molar-refractivity contribution in [2.75, 3.05) is 5.75 Å². The van der Waals surface area contributed by atoms with Crippen molar-refractivity contribution in [1.82, 2.24) is 5.48 Å². The lowest BCUT2D eigenvalue weighted by atomic mass is 10.2. The van der Waals surface area contributed by atoms with Crippen LogP contribution in [0.5, 0.6) is 0 Å². The molecule has 0 aromatic carbocycles. The molecule has 0 fully saturated rings. The lowest BCUT2D eigenvalue weighted by molar-refractivity contribution is -0.122. The molecule has 0 aromatic rings. The number of hydroxylamine groups is 1. The summed E-state index contributed by atoms with van der Waals surface area (Å²) >= 11 is 0. The first-order valence-electron chi connectivity index (χ1n) is 4.21. The van der Waals surface area contributed by atoms with Gasteiger partial charge in [-0.3, -0.25) is 4.79 Å². The summed E-state index contributed by atoms with van der Waals surface area (Å²) in [5.41, 5.74) is 1.75. The topological polar surface area (TPSA) is 72.5 Å². The van der Waals surface area contributed by atoms with Gasteiger partial charge in [0.2, 0.25) is 0 Å². The van der Waals surface area contributed by atoms with Crippen LogP contribution in [0, 0.1) is 5.92 Å². The van der Waals surface area contributed by atoms with Crippen LogP contribution in [0.15, 0.2) is 12.7 Å². The highest BCUT2D eigenvalue weighted by molar-refractivity contribution is 7.86. The Morgan fingerprint density at radius 3 is 2.57 bits per heavy atom. The zero-order valence-corrected chi connectivity index (χ0v) is 9.13. The van der Waals surface area contributed by atoms with E-state index in [-0.39, 0.29) is 11.7 Å². The van der Waals surface area contributed by atoms with Crippen LogP contribution in [0.3, 0.4) is 0 Å². The molecule has 1 N–H and O–H groups in total. The predicted octanol–water partition coefficient (Wildman–Crippen LogP) is 0.596. The van der Waals surface area contributed by atoms with Crippen molar-refractivity contribution in [3.8, 4) is 0 Å². The van der Waals surface area contributed by atoms with E-state index in [1.807, 2.05) is 13.8 Å². The molecule has 0 saturated carbocycles. The van der Waals surface area contributed by atoms with E-state index in [4.69, 9.17) is 0 Å². The van der Waals surface area contributed by atoms with Gasteiger partial charge in [-0.15, -0.1) is 4.28 Å². The minimum absolute atomic E-state index is 0.109. The smallest absolute Gasteiger partial charge is 0.268 e. The third-order valence-electron chi connectivity index (χ3n) is 1.40. The van der Waals surface area contributed by atoms with E-state index in [9.17, 15) is 13.2 Å². The van der Waals surface area contributed by atoms with E-state index < -0.39 is 16.0 Å². The van der Waals surface area contributed by atoms with Crippen molar-refractivity contribution >= 4 is 16.0 Å². The molecule has 0 spiro atoms. The predicted molar refractivity (Wildman–Crippen MR) is 52.7 cm³/mol. The Morgan fingerprint density at radius 1 is 1.57 bits per heavy atom. The van der Waals surface area contributed by atoms with Crippen molar-refractivity contribution in [3.63, 3.8) is 0 Å². The quantitative estimate of drug-likeness (QED) is 0.526. The molecule has 0 aromatic heterocycles. The third kappa shape index (κ3) is 6.62. The van der Waals surface area contributed by atoms with Crippen LogP contribution in [0.2, 0.25) is 0 Å². The monoisotopic (exact) mass is 221 g/mol. The van der Waals surface area contributed by atoms with Crippen molar-refractivity contribution < 1.29 is 17.5 Å². The number of hydrogen-bond donors (Lipinski definition) is 1. The van der Waals surface area contributed by atoms with E-state index in [1.54, 1.807) is 5.48 Å². The van der Waals surface area contributed by atoms with Gasteiger partial charge >= 0.3 is 0 Å². The molecule has 1 amide bonds. The van der Waals surface area contributed by atoms with Crippen LogP contribution in [0.25, 0.3) is 0 Å². The molecule has 0 bridgehead atoms. The van der Waals surface area contributed by atoms with Gasteiger partial charge in [-0.05, 0) is 18.4 Å². The molecule has 0 heterocycles. The summed E-state index contributed by atoms with van der Waals surface area (Å²) in [5.74, 6) is -0.524. The van der Waals surface area contributed by atoms with Crippen molar-refractivity contribution in [3.05, 3.63) is 12.7 Å². The number of hydrogen-bond acceptors (Lipinski definition) is 4. The van der Waals surface area contributed by atoms with Gasteiger partial charge in [0.05, 0.1) is 5.75 Å². The maximum Gasteiger partial charge on any atom is 0.287 e. The lowest BCUT2D eigenvalue weighted by Crippen LogP contribution is -2.27. The Kier molecular flexibility index (Phi) is 5.40. The molecule has 82 valence electrons. The summed E-state index contributed by atoms with van der Waals surface area (Å²) in [6, 6.07) is 0. The molecular formula is C8H15NO4S. The van der Waals surface area contributed by atoms with Crippen LogP contribution >= 0.6 is 0 Å². The molecule has 0 unspecified atom stereocenters. The highest BCUT2D eigenvalue weighted by atomic mass is 32.2. The van der Waals surface area contributed by atoms with Crippen LogP contribution in [0.4, 0.5) is 0 Å². The van der Waals surface area contributed by atoms with Gasteiger partial charge in [0.25, 0.3) is 16.0 Å². The zero-order valence-electron chi connectivity index (χ0n) is 8.32. The first-order chi connectivity index (χ1) is 6.37. The number of nitrogens with one attached hydrogen (secondary N) is 1. The number of rotatable bonds is 6. The van der Waals surface area contributed by atoms with Crippen molar-refractivity contribution in [2.45, 2.75) is 20.3 Å². The fourth-order valence-electron chi connectivity index (χ4n) is 0.568. The van der Waals surface area contributed by atoms with Crippen LogP contribution in [-0.4, -0.2) is 20.1 Å². The summed E-state index contributed by atoms with van der Waals surface area (Å²) < 4.78 is 26.4. The molecule has 0 aliphatic heterocycles. The van der Waals surface area contributed by atoms with Gasteiger partial charge in [0, 0.05) is 0 Å². The van der Waals surface area contributed by atoms with Gasteiger partial charge in [-0.2, -0.15) is 8.42 Å². The van der Waals surface area contributed by atoms with Gasteiger partial charge in [0.1, 0.15) is 0 Å².